The summed E-state index contributed by atoms with van der Waals surface area (Å²) in [6, 6.07) is 8.38. The standard InChI is InChI=1S/C8H7.W/c1-7-3-5-8(2)6-4-7;/h3-6H,1H3;. The Kier molecular flexibility index (Phi) is 2.28. The first kappa shape index (κ1) is 6.80. The van der Waals surface area contributed by atoms with Crippen LogP contribution in [0, 0.1) is 11.1 Å². The summed E-state index contributed by atoms with van der Waals surface area (Å²) in [6.07, 6.45) is 0. The molecule has 0 unspecified atom stereocenters. The molecule has 0 aliphatic heterocycles. The fraction of sp³-hybridized carbons (Fsp3) is 0.125. The van der Waals surface area contributed by atoms with Crippen LogP contribution in [0.4, 0.5) is 0 Å². The van der Waals surface area contributed by atoms with Gasteiger partial charge in [-0.15, -0.1) is 0 Å². The number of hydrogen-bond donors (Lipinski definition) is 0. The summed E-state index contributed by atoms with van der Waals surface area (Å²) in [5.74, 6) is 0. The molecule has 1 rings (SSSR count). The Hall–Kier alpha value is -0.312. The zero-order chi connectivity index (χ0) is 6.69. The molecule has 0 atom stereocenters. The average molecular weight is 287 g/mol. The first-order valence-electron chi connectivity index (χ1n) is 2.78. The minimum atomic E-state index is 1.20. The molecule has 45 valence electrons. The van der Waals surface area contributed by atoms with Gasteiger partial charge in [-0.3, -0.25) is 0 Å². The normalized spacial score (nSPS) is 8.44. The fourth-order valence-corrected chi connectivity index (χ4v) is 1.11. The van der Waals surface area contributed by atoms with Crippen LogP contribution in [0.15, 0.2) is 24.3 Å². The molecular formula is C8H7W. The number of rotatable bonds is 0. The molecule has 0 saturated heterocycles. The molecule has 0 bridgehead atoms. The minimum absolute atomic E-state index is 1.20. The SMILES string of the molecule is Cc1ccc([C]#[W])cc1. The molecular weight excluding hydrogens is 280 g/mol. The summed E-state index contributed by atoms with van der Waals surface area (Å²) >= 11 is 1.38. The zero-order valence-corrected chi connectivity index (χ0v) is 8.15. The van der Waals surface area contributed by atoms with E-state index in [4.69, 9.17) is 0 Å². The van der Waals surface area contributed by atoms with Crippen molar-refractivity contribution in [3.05, 3.63) is 35.4 Å². The van der Waals surface area contributed by atoms with E-state index in [0.29, 0.717) is 0 Å². The molecule has 0 fully saturated rings. The third-order valence-corrected chi connectivity index (χ3v) is 2.02. The predicted octanol–water partition coefficient (Wildman–Crippen LogP) is 1.85. The van der Waals surface area contributed by atoms with E-state index in [-0.39, 0.29) is 0 Å². The van der Waals surface area contributed by atoms with Gasteiger partial charge < -0.3 is 0 Å². The van der Waals surface area contributed by atoms with Crippen molar-refractivity contribution in [1.29, 1.82) is 0 Å². The van der Waals surface area contributed by atoms with Gasteiger partial charge in [0.25, 0.3) is 0 Å². The number of hydrogen-bond acceptors (Lipinski definition) is 0. The van der Waals surface area contributed by atoms with Gasteiger partial charge in [-0.1, -0.05) is 0 Å². The molecule has 0 radical (unpaired) electrons. The van der Waals surface area contributed by atoms with Crippen molar-refractivity contribution in [2.75, 3.05) is 0 Å². The van der Waals surface area contributed by atoms with Gasteiger partial charge in [0.15, 0.2) is 0 Å². The van der Waals surface area contributed by atoms with Crippen molar-refractivity contribution in [1.82, 2.24) is 0 Å². The monoisotopic (exact) mass is 287 g/mol. The molecule has 0 aliphatic rings. The molecule has 0 amide bonds. The molecule has 0 heterocycles. The van der Waals surface area contributed by atoms with Gasteiger partial charge in [-0.2, -0.15) is 0 Å². The van der Waals surface area contributed by atoms with Gasteiger partial charge in [0.1, 0.15) is 0 Å². The van der Waals surface area contributed by atoms with Crippen molar-refractivity contribution in [2.45, 2.75) is 6.92 Å². The molecule has 1 aromatic rings. The van der Waals surface area contributed by atoms with E-state index in [1.165, 1.54) is 30.3 Å². The molecule has 1 aromatic carbocycles. The third-order valence-electron chi connectivity index (χ3n) is 1.17. The van der Waals surface area contributed by atoms with Gasteiger partial charge in [0, 0.05) is 0 Å². The topological polar surface area (TPSA) is 0 Å². The predicted molar refractivity (Wildman–Crippen MR) is 34.2 cm³/mol. The van der Waals surface area contributed by atoms with Crippen LogP contribution in [0.2, 0.25) is 0 Å². The van der Waals surface area contributed by atoms with Crippen molar-refractivity contribution < 1.29 is 19.2 Å². The Morgan fingerprint density at radius 1 is 1.22 bits per heavy atom. The summed E-state index contributed by atoms with van der Waals surface area (Å²) < 4.78 is 3.14. The van der Waals surface area contributed by atoms with Crippen LogP contribution in [-0.4, -0.2) is 0 Å². The van der Waals surface area contributed by atoms with Crippen LogP contribution in [0.1, 0.15) is 11.1 Å². The molecule has 0 saturated carbocycles. The Bertz CT molecular complexity index is 228. The summed E-state index contributed by atoms with van der Waals surface area (Å²) in [4.78, 5) is 0. The average Bonchev–Trinajstić information content (AvgIpc) is 1.90. The Balaban J connectivity index is 3.06. The van der Waals surface area contributed by atoms with E-state index in [1.807, 2.05) is 0 Å². The Morgan fingerprint density at radius 2 is 1.78 bits per heavy atom. The van der Waals surface area contributed by atoms with E-state index in [1.54, 1.807) is 0 Å². The second-order valence-electron chi connectivity index (χ2n) is 1.97. The van der Waals surface area contributed by atoms with Gasteiger partial charge in [0.2, 0.25) is 0 Å². The number of aryl methyl sites for hydroxylation is 1. The van der Waals surface area contributed by atoms with Gasteiger partial charge in [0.05, 0.1) is 0 Å². The summed E-state index contributed by atoms with van der Waals surface area (Å²) in [7, 11) is 0. The second kappa shape index (κ2) is 3.01. The molecule has 0 aliphatic carbocycles. The van der Waals surface area contributed by atoms with Crippen molar-refractivity contribution >= 4 is 0 Å². The molecule has 0 N–H and O–H groups in total. The quantitative estimate of drug-likeness (QED) is 0.683. The first-order valence-corrected chi connectivity index (χ1v) is 4.24. The second-order valence-corrected chi connectivity index (χ2v) is 2.70. The maximum absolute atomic E-state index is 3.14. The summed E-state index contributed by atoms with van der Waals surface area (Å²) in [5, 5.41) is 0. The van der Waals surface area contributed by atoms with E-state index in [0.717, 1.165) is 0 Å². The van der Waals surface area contributed by atoms with Crippen LogP contribution in [0.3, 0.4) is 0 Å². The third kappa shape index (κ3) is 1.82. The van der Waals surface area contributed by atoms with E-state index in [9.17, 15) is 0 Å². The van der Waals surface area contributed by atoms with Crippen LogP contribution >= 0.6 is 0 Å². The Morgan fingerprint density at radius 3 is 2.22 bits per heavy atom. The van der Waals surface area contributed by atoms with E-state index in [2.05, 4.69) is 35.4 Å². The van der Waals surface area contributed by atoms with Crippen LogP contribution in [-0.2, 0) is 19.2 Å². The first-order chi connectivity index (χ1) is 4.33. The number of benzene rings is 1. The van der Waals surface area contributed by atoms with Crippen molar-refractivity contribution in [3.8, 4) is 4.20 Å². The van der Waals surface area contributed by atoms with Gasteiger partial charge >= 0.3 is 65.7 Å². The zero-order valence-electron chi connectivity index (χ0n) is 5.22. The molecule has 9 heavy (non-hydrogen) atoms. The van der Waals surface area contributed by atoms with E-state index < -0.39 is 0 Å². The Labute approximate surface area is 65.9 Å². The fourth-order valence-electron chi connectivity index (χ4n) is 0.622. The summed E-state index contributed by atoms with van der Waals surface area (Å²) in [5.41, 5.74) is 2.51. The van der Waals surface area contributed by atoms with E-state index >= 15 is 0 Å². The molecule has 0 aromatic heterocycles. The van der Waals surface area contributed by atoms with Crippen LogP contribution in [0.25, 0.3) is 0 Å². The van der Waals surface area contributed by atoms with Crippen LogP contribution < -0.4 is 0 Å². The maximum atomic E-state index is 3.14. The van der Waals surface area contributed by atoms with Crippen molar-refractivity contribution in [3.63, 3.8) is 0 Å². The molecule has 0 spiro atoms. The van der Waals surface area contributed by atoms with Gasteiger partial charge in [-0.05, 0) is 0 Å². The summed E-state index contributed by atoms with van der Waals surface area (Å²) in [6.45, 7) is 2.09. The van der Waals surface area contributed by atoms with Crippen molar-refractivity contribution in [2.24, 2.45) is 0 Å². The van der Waals surface area contributed by atoms with Gasteiger partial charge in [-0.25, -0.2) is 0 Å². The molecule has 1 heteroatoms. The molecule has 0 nitrogen and oxygen atoms in total. The van der Waals surface area contributed by atoms with Crippen LogP contribution in [0.5, 0.6) is 0 Å².